The van der Waals surface area contributed by atoms with E-state index in [0.717, 1.165) is 22.3 Å². The van der Waals surface area contributed by atoms with Gasteiger partial charge in [-0.2, -0.15) is 25.3 Å². The van der Waals surface area contributed by atoms with E-state index in [2.05, 4.69) is 12.6 Å². The van der Waals surface area contributed by atoms with Crippen LogP contribution < -0.4 is 0 Å². The maximum atomic E-state index is 11.9. The first kappa shape index (κ1) is 28.7. The topological polar surface area (TPSA) is 94.8 Å². The Bertz CT molecular complexity index is 1310. The molecule has 7 heteroatoms. The second-order valence-corrected chi connectivity index (χ2v) is 11.8. The van der Waals surface area contributed by atoms with Gasteiger partial charge in [-0.15, -0.1) is 0 Å². The fourth-order valence-corrected chi connectivity index (χ4v) is 5.57. The molecule has 2 atom stereocenters. The molecule has 3 aromatic carbocycles. The van der Waals surface area contributed by atoms with Gasteiger partial charge in [0.2, 0.25) is 0 Å². The summed E-state index contributed by atoms with van der Waals surface area (Å²) < 4.78 is 0. The molecular weight excluding hydrogens is 504 g/mol. The summed E-state index contributed by atoms with van der Waals surface area (Å²) in [4.78, 5) is 23.6. The molecule has 0 amide bonds. The quantitative estimate of drug-likeness (QED) is 0.191. The molecule has 0 radical (unpaired) electrons. The van der Waals surface area contributed by atoms with Crippen LogP contribution in [0.2, 0.25) is 0 Å². The highest BCUT2D eigenvalue weighted by Crippen LogP contribution is 2.54. The molecule has 0 bridgehead atoms. The minimum absolute atomic E-state index is 0.0282. The highest BCUT2D eigenvalue weighted by atomic mass is 32.1. The number of hydrogen-bond acceptors (Lipinski definition) is 5. The molecular formula is C30H34O5S2. The van der Waals surface area contributed by atoms with Gasteiger partial charge in [-0.05, 0) is 47.1 Å². The fourth-order valence-electron chi connectivity index (χ4n) is 4.75. The summed E-state index contributed by atoms with van der Waals surface area (Å²) in [6.45, 7) is 9.84. The lowest BCUT2D eigenvalue weighted by Gasteiger charge is -2.33. The number of carboxylic acid groups (broad SMARTS) is 2. The van der Waals surface area contributed by atoms with E-state index >= 15 is 0 Å². The number of phenolic OH excluding ortho intramolecular Hbond substituents is 1. The van der Waals surface area contributed by atoms with Gasteiger partial charge in [-0.25, -0.2) is 0 Å². The molecule has 5 nitrogen and oxygen atoms in total. The number of aryl methyl sites for hydroxylation is 2. The van der Waals surface area contributed by atoms with Crippen LogP contribution in [-0.4, -0.2) is 27.3 Å². The highest BCUT2D eigenvalue weighted by molar-refractivity contribution is 7.80. The third kappa shape index (κ3) is 6.33. The molecule has 0 fully saturated rings. The third-order valence-electron chi connectivity index (χ3n) is 6.38. The lowest BCUT2D eigenvalue weighted by atomic mass is 9.73. The van der Waals surface area contributed by atoms with Crippen LogP contribution >= 0.6 is 25.3 Å². The largest absolute Gasteiger partial charge is 0.507 e. The molecule has 0 aliphatic heterocycles. The molecule has 0 heterocycles. The van der Waals surface area contributed by atoms with E-state index in [4.69, 9.17) is 12.6 Å². The Morgan fingerprint density at radius 2 is 1.11 bits per heavy atom. The van der Waals surface area contributed by atoms with E-state index in [9.17, 15) is 24.9 Å². The van der Waals surface area contributed by atoms with Crippen LogP contribution in [0.5, 0.6) is 5.75 Å². The van der Waals surface area contributed by atoms with Crippen molar-refractivity contribution >= 4 is 37.2 Å². The first-order valence-electron chi connectivity index (χ1n) is 12.1. The van der Waals surface area contributed by atoms with Crippen molar-refractivity contribution in [3.63, 3.8) is 0 Å². The Morgan fingerprint density at radius 1 is 0.730 bits per heavy atom. The second kappa shape index (κ2) is 11.2. The summed E-state index contributed by atoms with van der Waals surface area (Å²) in [5.74, 6) is -2.09. The maximum Gasteiger partial charge on any atom is 0.304 e. The van der Waals surface area contributed by atoms with Gasteiger partial charge in [0.15, 0.2) is 0 Å². The number of hydrogen-bond donors (Lipinski definition) is 5. The van der Waals surface area contributed by atoms with E-state index in [-0.39, 0.29) is 18.6 Å². The minimum Gasteiger partial charge on any atom is -0.507 e. The minimum atomic E-state index is -1.05. The Kier molecular flexibility index (Phi) is 8.70. The van der Waals surface area contributed by atoms with Gasteiger partial charge in [0.05, 0.1) is 12.8 Å². The molecule has 0 aliphatic rings. The van der Waals surface area contributed by atoms with Gasteiger partial charge < -0.3 is 15.3 Å². The third-order valence-corrected chi connectivity index (χ3v) is 7.26. The van der Waals surface area contributed by atoms with E-state index in [1.165, 1.54) is 0 Å². The van der Waals surface area contributed by atoms with E-state index in [1.807, 2.05) is 83.1 Å². The normalized spacial score (nSPS) is 13.3. The van der Waals surface area contributed by atoms with Gasteiger partial charge in [-0.3, -0.25) is 9.59 Å². The Balaban J connectivity index is 2.64. The van der Waals surface area contributed by atoms with Crippen molar-refractivity contribution in [2.24, 2.45) is 0 Å². The van der Waals surface area contributed by atoms with Crippen molar-refractivity contribution in [3.8, 4) is 28.0 Å². The van der Waals surface area contributed by atoms with Crippen molar-refractivity contribution in [3.05, 3.63) is 76.3 Å². The number of phenols is 1. The summed E-state index contributed by atoms with van der Waals surface area (Å²) in [5.41, 5.74) is 5.96. The van der Waals surface area contributed by atoms with Crippen molar-refractivity contribution < 1.29 is 24.9 Å². The number of aliphatic carboxylic acids is 2. The molecule has 0 aliphatic carbocycles. The number of carbonyl (C=O) groups is 2. The van der Waals surface area contributed by atoms with Crippen LogP contribution in [0.15, 0.2) is 48.5 Å². The zero-order chi connectivity index (χ0) is 27.7. The Hall–Kier alpha value is -2.90. The lowest BCUT2D eigenvalue weighted by Crippen LogP contribution is -2.19. The van der Waals surface area contributed by atoms with Gasteiger partial charge in [0.25, 0.3) is 0 Å². The van der Waals surface area contributed by atoms with Gasteiger partial charge >= 0.3 is 11.9 Å². The molecule has 3 N–H and O–H groups in total. The average molecular weight is 539 g/mol. The van der Waals surface area contributed by atoms with Crippen molar-refractivity contribution in [1.82, 2.24) is 0 Å². The van der Waals surface area contributed by atoms with Crippen molar-refractivity contribution in [2.45, 2.75) is 63.4 Å². The molecule has 0 saturated carbocycles. The van der Waals surface area contributed by atoms with E-state index in [1.54, 1.807) is 0 Å². The maximum absolute atomic E-state index is 11.9. The van der Waals surface area contributed by atoms with Crippen LogP contribution in [0.3, 0.4) is 0 Å². The van der Waals surface area contributed by atoms with Crippen molar-refractivity contribution in [2.75, 3.05) is 0 Å². The Morgan fingerprint density at radius 3 is 1.49 bits per heavy atom. The smallest absolute Gasteiger partial charge is 0.304 e. The van der Waals surface area contributed by atoms with Crippen LogP contribution in [0.4, 0.5) is 0 Å². The molecule has 2 unspecified atom stereocenters. The summed E-state index contributed by atoms with van der Waals surface area (Å²) >= 11 is 9.45. The fraction of sp³-hybridized carbons (Fsp3) is 0.333. The summed E-state index contributed by atoms with van der Waals surface area (Å²) in [5, 5.41) is 29.7. The molecule has 0 spiro atoms. The molecule has 37 heavy (non-hydrogen) atoms. The number of thiol groups is 2. The molecule has 196 valence electrons. The first-order chi connectivity index (χ1) is 17.2. The SMILES string of the molecule is Cc1ccc(-c2c(C(S)CC(=O)O)c(O)c(C(C)(C)C)c(-c3ccc(C)cc3)c2C(S)CC(=O)O)cc1. The van der Waals surface area contributed by atoms with Gasteiger partial charge in [-0.1, -0.05) is 80.4 Å². The zero-order valence-electron chi connectivity index (χ0n) is 21.7. The monoisotopic (exact) mass is 538 g/mol. The molecule has 3 rings (SSSR count). The van der Waals surface area contributed by atoms with Crippen molar-refractivity contribution in [1.29, 1.82) is 0 Å². The van der Waals surface area contributed by atoms with Gasteiger partial charge in [0.1, 0.15) is 5.75 Å². The lowest BCUT2D eigenvalue weighted by molar-refractivity contribution is -0.138. The van der Waals surface area contributed by atoms with Crippen LogP contribution in [-0.2, 0) is 15.0 Å². The standard InChI is InChI=1S/C30H34O5S2/c1-16-6-10-18(11-7-16)24-26(20(36)14-22(31)32)25(19-12-8-17(2)9-13-19)28(30(3,4)5)29(35)27(24)21(37)15-23(33)34/h6-13,20-21,35-37H,14-15H2,1-5H3,(H,31,32)(H,33,34). The number of aromatic hydroxyl groups is 1. The summed E-state index contributed by atoms with van der Waals surface area (Å²) in [6, 6.07) is 15.5. The van der Waals surface area contributed by atoms with Crippen LogP contribution in [0, 0.1) is 13.8 Å². The van der Waals surface area contributed by atoms with Crippen LogP contribution in [0.1, 0.15) is 71.9 Å². The number of rotatable bonds is 8. The molecule has 0 aromatic heterocycles. The first-order valence-corrected chi connectivity index (χ1v) is 13.1. The molecule has 3 aromatic rings. The number of benzene rings is 3. The zero-order valence-corrected chi connectivity index (χ0v) is 23.5. The Labute approximate surface area is 229 Å². The van der Waals surface area contributed by atoms with E-state index in [0.29, 0.717) is 27.8 Å². The second-order valence-electron chi connectivity index (χ2n) is 10.5. The predicted octanol–water partition coefficient (Wildman–Crippen LogP) is 7.53. The van der Waals surface area contributed by atoms with Gasteiger partial charge in [0, 0.05) is 21.6 Å². The summed E-state index contributed by atoms with van der Waals surface area (Å²) in [6.07, 6.45) is -0.580. The predicted molar refractivity (Wildman–Crippen MR) is 155 cm³/mol. The number of carboxylic acids is 2. The average Bonchev–Trinajstić information content (AvgIpc) is 2.77. The van der Waals surface area contributed by atoms with E-state index < -0.39 is 27.9 Å². The summed E-state index contributed by atoms with van der Waals surface area (Å²) in [7, 11) is 0. The molecule has 0 saturated heterocycles. The van der Waals surface area contributed by atoms with Crippen LogP contribution in [0.25, 0.3) is 22.3 Å². The highest BCUT2D eigenvalue weighted by Gasteiger charge is 2.35.